The van der Waals surface area contributed by atoms with E-state index < -0.39 is 0 Å². The summed E-state index contributed by atoms with van der Waals surface area (Å²) in [4.78, 5) is 2.29. The minimum atomic E-state index is -0.0723. The van der Waals surface area contributed by atoms with E-state index in [0.717, 1.165) is 23.5 Å². The summed E-state index contributed by atoms with van der Waals surface area (Å²) < 4.78 is 0. The van der Waals surface area contributed by atoms with Crippen LogP contribution in [-0.4, -0.2) is 14.1 Å². The van der Waals surface area contributed by atoms with E-state index in [1.54, 1.807) is 0 Å². The van der Waals surface area contributed by atoms with Crippen molar-refractivity contribution in [1.82, 2.24) is 0 Å². The van der Waals surface area contributed by atoms with Crippen LogP contribution < -0.4 is 21.7 Å². The summed E-state index contributed by atoms with van der Waals surface area (Å²) in [6, 6.07) is 12.3. The van der Waals surface area contributed by atoms with E-state index in [1.807, 2.05) is 19.2 Å². The lowest BCUT2D eigenvalue weighted by Gasteiger charge is -2.30. The third kappa shape index (κ3) is 3.25. The Bertz CT molecular complexity index is 893. The summed E-state index contributed by atoms with van der Waals surface area (Å²) >= 11 is 0. The number of nitrogens with two attached hydrogens (primary N) is 2. The normalized spacial score (nSPS) is 17.3. The number of hydrogen-bond acceptors (Lipinski definition) is 4. The predicted octanol–water partition coefficient (Wildman–Crippen LogP) is 4.87. The van der Waals surface area contributed by atoms with Crippen molar-refractivity contribution in [2.75, 3.05) is 35.8 Å². The molecule has 1 heterocycles. The van der Waals surface area contributed by atoms with E-state index in [1.165, 1.54) is 22.5 Å². The van der Waals surface area contributed by atoms with Crippen LogP contribution in [0.3, 0.4) is 0 Å². The van der Waals surface area contributed by atoms with Gasteiger partial charge in [-0.05, 0) is 59.4 Å². The molecule has 1 aliphatic heterocycles. The summed E-state index contributed by atoms with van der Waals surface area (Å²) in [5, 5.41) is 3.30. The van der Waals surface area contributed by atoms with Crippen molar-refractivity contribution in [1.29, 1.82) is 0 Å². The fraction of sp³-hybridized carbons (Fsp3) is 0.391. The summed E-state index contributed by atoms with van der Waals surface area (Å²) in [5.74, 6) is 0. The maximum atomic E-state index is 6.07. The van der Waals surface area contributed by atoms with Crippen molar-refractivity contribution >= 4 is 22.7 Å². The molecule has 0 saturated carbocycles. The second kappa shape index (κ2) is 6.52. The van der Waals surface area contributed by atoms with Gasteiger partial charge in [-0.1, -0.05) is 33.8 Å². The van der Waals surface area contributed by atoms with Crippen molar-refractivity contribution in [3.8, 4) is 0 Å². The molecule has 0 spiro atoms. The van der Waals surface area contributed by atoms with E-state index in [-0.39, 0.29) is 10.8 Å². The van der Waals surface area contributed by atoms with Crippen LogP contribution in [0.25, 0.3) is 0 Å². The second-order valence-electron chi connectivity index (χ2n) is 8.69. The Labute approximate surface area is 163 Å². The molecule has 2 aromatic carbocycles. The molecule has 0 aliphatic carbocycles. The Morgan fingerprint density at radius 2 is 1.70 bits per heavy atom. The van der Waals surface area contributed by atoms with Crippen molar-refractivity contribution in [3.63, 3.8) is 0 Å². The minimum absolute atomic E-state index is 0.0502. The van der Waals surface area contributed by atoms with Crippen LogP contribution in [0.4, 0.5) is 22.7 Å². The molecule has 0 radical (unpaired) electrons. The molecule has 0 fully saturated rings. The lowest BCUT2D eigenvalue weighted by molar-refractivity contribution is 0.527. The highest BCUT2D eigenvalue weighted by Gasteiger charge is 2.38. The van der Waals surface area contributed by atoms with E-state index in [0.29, 0.717) is 0 Å². The topological polar surface area (TPSA) is 67.3 Å². The Morgan fingerprint density at radius 1 is 1.07 bits per heavy atom. The molecule has 0 saturated heterocycles. The molecule has 0 bridgehead atoms. The molecule has 0 amide bonds. The highest BCUT2D eigenvalue weighted by atomic mass is 15.2. The molecule has 4 heteroatoms. The van der Waals surface area contributed by atoms with Crippen LogP contribution in [0.2, 0.25) is 0 Å². The highest BCUT2D eigenvalue weighted by Crippen LogP contribution is 2.48. The lowest BCUT2D eigenvalue weighted by Crippen LogP contribution is -2.25. The fourth-order valence-corrected chi connectivity index (χ4v) is 4.23. The van der Waals surface area contributed by atoms with E-state index in [4.69, 9.17) is 11.5 Å². The molecular weight excluding hydrogens is 332 g/mol. The van der Waals surface area contributed by atoms with Gasteiger partial charge in [-0.25, -0.2) is 0 Å². The first-order chi connectivity index (χ1) is 12.6. The van der Waals surface area contributed by atoms with Gasteiger partial charge in [0.1, 0.15) is 0 Å². The molecule has 0 aromatic heterocycles. The van der Waals surface area contributed by atoms with Crippen molar-refractivity contribution < 1.29 is 0 Å². The van der Waals surface area contributed by atoms with Gasteiger partial charge in [-0.15, -0.1) is 0 Å². The lowest BCUT2D eigenvalue weighted by atomic mass is 9.78. The third-order valence-corrected chi connectivity index (χ3v) is 5.90. The number of likely N-dealkylation sites (N-methyl/N-ethyl adjacent to an activating group) is 1. The number of nitrogens with zero attached hydrogens (tertiary/aromatic N) is 1. The van der Waals surface area contributed by atoms with E-state index >= 15 is 0 Å². The molecule has 3 rings (SSSR count). The standard InChI is InChI=1S/C23H32N4/c1-22(2,17-13-15(24)7-9-19(17)26-5)12-11-21-23(3,4)18-14-16(25)8-10-20(18)27(21)6/h7-11,13-14,26H,12,24-25H2,1-6H3. The molecular formula is C23H32N4. The molecule has 0 unspecified atom stereocenters. The van der Waals surface area contributed by atoms with Crippen LogP contribution in [0.5, 0.6) is 0 Å². The average Bonchev–Trinajstić information content (AvgIpc) is 2.79. The zero-order valence-electron chi connectivity index (χ0n) is 17.4. The van der Waals surface area contributed by atoms with E-state index in [9.17, 15) is 0 Å². The summed E-state index contributed by atoms with van der Waals surface area (Å²) in [6.45, 7) is 9.08. The number of anilines is 4. The third-order valence-electron chi connectivity index (χ3n) is 5.90. The first-order valence-corrected chi connectivity index (χ1v) is 9.50. The molecule has 4 nitrogen and oxygen atoms in total. The van der Waals surface area contributed by atoms with Gasteiger partial charge in [-0.2, -0.15) is 0 Å². The smallest absolute Gasteiger partial charge is 0.0449 e. The molecule has 0 atom stereocenters. The van der Waals surface area contributed by atoms with Crippen LogP contribution in [0.1, 0.15) is 45.2 Å². The maximum absolute atomic E-state index is 6.07. The van der Waals surface area contributed by atoms with Gasteiger partial charge in [0.2, 0.25) is 0 Å². The van der Waals surface area contributed by atoms with Gasteiger partial charge in [-0.3, -0.25) is 0 Å². The first-order valence-electron chi connectivity index (χ1n) is 9.50. The van der Waals surface area contributed by atoms with Crippen LogP contribution >= 0.6 is 0 Å². The number of hydrogen-bond donors (Lipinski definition) is 3. The molecule has 1 aliphatic rings. The number of nitrogen functional groups attached to an aromatic ring is 2. The Balaban J connectivity index is 1.97. The largest absolute Gasteiger partial charge is 0.399 e. The maximum Gasteiger partial charge on any atom is 0.0449 e. The minimum Gasteiger partial charge on any atom is -0.399 e. The molecule has 27 heavy (non-hydrogen) atoms. The van der Waals surface area contributed by atoms with Gasteiger partial charge in [0, 0.05) is 48.0 Å². The average molecular weight is 365 g/mol. The Kier molecular flexibility index (Phi) is 4.62. The van der Waals surface area contributed by atoms with Crippen molar-refractivity contribution in [2.24, 2.45) is 0 Å². The number of benzene rings is 2. The monoisotopic (exact) mass is 364 g/mol. The molecule has 2 aromatic rings. The quantitative estimate of drug-likeness (QED) is 0.677. The SMILES string of the molecule is CNc1ccc(N)cc1C(C)(C)CC=C1N(C)c2ccc(N)cc2C1(C)C. The Hall–Kier alpha value is -2.62. The molecule has 144 valence electrons. The summed E-state index contributed by atoms with van der Waals surface area (Å²) in [5.41, 5.74) is 19.8. The first kappa shape index (κ1) is 19.2. The number of allylic oxidation sites excluding steroid dienone is 2. The Morgan fingerprint density at radius 3 is 2.37 bits per heavy atom. The second-order valence-corrected chi connectivity index (χ2v) is 8.69. The summed E-state index contributed by atoms with van der Waals surface area (Å²) in [7, 11) is 4.10. The van der Waals surface area contributed by atoms with Gasteiger partial charge in [0.05, 0.1) is 0 Å². The zero-order chi connectivity index (χ0) is 20.0. The summed E-state index contributed by atoms with van der Waals surface area (Å²) in [6.07, 6.45) is 3.29. The fourth-order valence-electron chi connectivity index (χ4n) is 4.23. The van der Waals surface area contributed by atoms with Gasteiger partial charge < -0.3 is 21.7 Å². The van der Waals surface area contributed by atoms with Crippen LogP contribution in [0.15, 0.2) is 48.2 Å². The predicted molar refractivity (Wildman–Crippen MR) is 118 cm³/mol. The van der Waals surface area contributed by atoms with Gasteiger partial charge in [0.15, 0.2) is 0 Å². The van der Waals surface area contributed by atoms with Crippen molar-refractivity contribution in [3.05, 3.63) is 59.3 Å². The van der Waals surface area contributed by atoms with Crippen LogP contribution in [0, 0.1) is 0 Å². The van der Waals surface area contributed by atoms with Gasteiger partial charge >= 0.3 is 0 Å². The van der Waals surface area contributed by atoms with Crippen molar-refractivity contribution in [2.45, 2.75) is 44.9 Å². The van der Waals surface area contributed by atoms with Crippen LogP contribution in [-0.2, 0) is 10.8 Å². The number of rotatable bonds is 4. The van der Waals surface area contributed by atoms with E-state index in [2.05, 4.69) is 75.3 Å². The zero-order valence-corrected chi connectivity index (χ0v) is 17.4. The highest BCUT2D eigenvalue weighted by molar-refractivity contribution is 5.72. The van der Waals surface area contributed by atoms with Gasteiger partial charge in [0.25, 0.3) is 0 Å². The molecule has 5 N–H and O–H groups in total. The number of nitrogens with one attached hydrogen (secondary N) is 1. The number of fused-ring (bicyclic) bond motifs is 1.